The minimum Gasteiger partial charge on any atom is -0.462 e. The Morgan fingerprint density at radius 3 is 2.36 bits per heavy atom. The van der Waals surface area contributed by atoms with Crippen LogP contribution in [0.1, 0.15) is 53.9 Å². The first-order valence-corrected chi connectivity index (χ1v) is 11.3. The maximum atomic E-state index is 12.9. The number of ether oxygens (including phenoxy) is 2. The number of methoxy groups -OCH3 is 1. The molecule has 0 aromatic heterocycles. The Labute approximate surface area is 195 Å². The van der Waals surface area contributed by atoms with E-state index >= 15 is 0 Å². The number of carbonyl (C=O) groups is 3. The predicted octanol–water partition coefficient (Wildman–Crippen LogP) is 0.135. The van der Waals surface area contributed by atoms with Crippen LogP contribution in [0, 0.1) is 5.41 Å². The summed E-state index contributed by atoms with van der Waals surface area (Å²) in [5.41, 5.74) is -0.253. The summed E-state index contributed by atoms with van der Waals surface area (Å²) in [5.74, 6) is -1.77. The molecule has 1 heterocycles. The number of carbonyl (C=O) groups excluding carboxylic acids is 3. The van der Waals surface area contributed by atoms with E-state index in [0.717, 1.165) is 0 Å². The Hall–Kier alpha value is -2.01. The van der Waals surface area contributed by atoms with E-state index in [0.29, 0.717) is 25.8 Å². The molecule has 0 spiro atoms. The highest BCUT2D eigenvalue weighted by molar-refractivity contribution is 5.91. The number of hydrogen-bond acceptors (Lipinski definition) is 8. The molecular weight excluding hydrogens is 432 g/mol. The van der Waals surface area contributed by atoms with Crippen LogP contribution in [-0.2, 0) is 23.9 Å². The molecular formula is C23H40N2O8. The fraction of sp³-hybridized carbons (Fsp3) is 0.783. The first-order chi connectivity index (χ1) is 15.3. The van der Waals surface area contributed by atoms with Crippen LogP contribution in [0.2, 0.25) is 0 Å². The maximum absolute atomic E-state index is 12.9. The van der Waals surface area contributed by atoms with Crippen LogP contribution < -0.4 is 5.32 Å². The zero-order chi connectivity index (χ0) is 25.3. The Kier molecular flexibility index (Phi) is 11.5. The van der Waals surface area contributed by atoms with Crippen LogP contribution in [0.3, 0.4) is 0 Å². The van der Waals surface area contributed by atoms with E-state index in [4.69, 9.17) is 9.47 Å². The molecule has 1 aliphatic heterocycles. The SMILES string of the molecule is CO[C@@H](C(=O)NC1CCCCN(CC(=O)OC(C)C)C1=O)[C@H](O)[C@@H](O)[C@H](O)/C=C/C(C)(C)C. The fourth-order valence-electron chi connectivity index (χ4n) is 3.39. The standard InChI is InChI=1S/C23H40N2O8/c1-14(2)33-17(27)13-25-12-8-7-9-15(22(25)31)24-21(30)20(32-6)19(29)18(28)16(26)10-11-23(3,4)5/h10-11,14-16,18-20,26,28-29H,7-9,12-13H2,1-6H3,(H,24,30)/b11-10+/t15?,16-,18+,19-,20-/m1/s1. The molecule has 33 heavy (non-hydrogen) atoms. The van der Waals surface area contributed by atoms with Crippen LogP contribution in [0.15, 0.2) is 12.2 Å². The summed E-state index contributed by atoms with van der Waals surface area (Å²) in [4.78, 5) is 39.0. The van der Waals surface area contributed by atoms with E-state index in [2.05, 4.69) is 5.32 Å². The van der Waals surface area contributed by atoms with E-state index < -0.39 is 48.2 Å². The number of hydrogen-bond donors (Lipinski definition) is 4. The van der Waals surface area contributed by atoms with Gasteiger partial charge in [0.25, 0.3) is 5.91 Å². The van der Waals surface area contributed by atoms with Crippen LogP contribution in [0.4, 0.5) is 0 Å². The lowest BCUT2D eigenvalue weighted by molar-refractivity contribution is -0.154. The van der Waals surface area contributed by atoms with E-state index in [-0.39, 0.29) is 18.1 Å². The average Bonchev–Trinajstić information content (AvgIpc) is 2.86. The van der Waals surface area contributed by atoms with Gasteiger partial charge in [0.2, 0.25) is 5.91 Å². The smallest absolute Gasteiger partial charge is 0.325 e. The molecule has 1 rings (SSSR count). The summed E-state index contributed by atoms with van der Waals surface area (Å²) in [6, 6.07) is -0.917. The van der Waals surface area contributed by atoms with E-state index in [1.807, 2.05) is 20.8 Å². The molecule has 0 saturated carbocycles. The number of nitrogens with zero attached hydrogens (tertiary/aromatic N) is 1. The number of rotatable bonds is 10. The molecule has 0 bridgehead atoms. The molecule has 0 aromatic carbocycles. The van der Waals surface area contributed by atoms with Crippen molar-refractivity contribution in [3.8, 4) is 0 Å². The third kappa shape index (κ3) is 9.79. The summed E-state index contributed by atoms with van der Waals surface area (Å²) in [7, 11) is 1.18. The van der Waals surface area contributed by atoms with E-state index in [1.54, 1.807) is 19.9 Å². The molecule has 1 unspecified atom stereocenters. The number of allylic oxidation sites excluding steroid dienone is 1. The molecule has 10 nitrogen and oxygen atoms in total. The number of likely N-dealkylation sites (tertiary alicyclic amines) is 1. The monoisotopic (exact) mass is 472 g/mol. The number of amides is 2. The number of aliphatic hydroxyl groups is 3. The van der Waals surface area contributed by atoms with Crippen molar-refractivity contribution < 1.29 is 39.2 Å². The van der Waals surface area contributed by atoms with Crippen molar-refractivity contribution in [2.45, 2.75) is 90.4 Å². The van der Waals surface area contributed by atoms with Crippen LogP contribution >= 0.6 is 0 Å². The van der Waals surface area contributed by atoms with Gasteiger partial charge in [0.15, 0.2) is 6.10 Å². The zero-order valence-corrected chi connectivity index (χ0v) is 20.5. The second-order valence-corrected chi connectivity index (χ2v) is 9.71. The van der Waals surface area contributed by atoms with Crippen molar-refractivity contribution in [1.82, 2.24) is 10.2 Å². The third-order valence-corrected chi connectivity index (χ3v) is 5.10. The van der Waals surface area contributed by atoms with Crippen molar-refractivity contribution in [2.24, 2.45) is 5.41 Å². The summed E-state index contributed by atoms with van der Waals surface area (Å²) < 4.78 is 10.2. The fourth-order valence-corrected chi connectivity index (χ4v) is 3.39. The molecule has 2 amide bonds. The van der Waals surface area contributed by atoms with Crippen molar-refractivity contribution >= 4 is 17.8 Å². The molecule has 1 aliphatic rings. The summed E-state index contributed by atoms with van der Waals surface area (Å²) in [6.45, 7) is 9.28. The van der Waals surface area contributed by atoms with Gasteiger partial charge in [-0.1, -0.05) is 32.9 Å². The van der Waals surface area contributed by atoms with Crippen LogP contribution in [0.5, 0.6) is 0 Å². The van der Waals surface area contributed by atoms with Gasteiger partial charge in [0, 0.05) is 13.7 Å². The zero-order valence-electron chi connectivity index (χ0n) is 20.5. The van der Waals surface area contributed by atoms with E-state index in [9.17, 15) is 29.7 Å². The van der Waals surface area contributed by atoms with Gasteiger partial charge >= 0.3 is 5.97 Å². The lowest BCUT2D eigenvalue weighted by atomic mass is 9.94. The van der Waals surface area contributed by atoms with Gasteiger partial charge in [0.1, 0.15) is 30.9 Å². The second-order valence-electron chi connectivity index (χ2n) is 9.71. The van der Waals surface area contributed by atoms with Gasteiger partial charge in [-0.25, -0.2) is 0 Å². The molecule has 1 saturated heterocycles. The van der Waals surface area contributed by atoms with Gasteiger partial charge in [-0.15, -0.1) is 0 Å². The lowest BCUT2D eigenvalue weighted by Crippen LogP contribution is -2.56. The number of aliphatic hydroxyl groups excluding tert-OH is 3. The highest BCUT2D eigenvalue weighted by Gasteiger charge is 2.38. The van der Waals surface area contributed by atoms with Gasteiger partial charge < -0.3 is 35.0 Å². The second kappa shape index (κ2) is 13.0. The number of nitrogens with one attached hydrogen (secondary N) is 1. The van der Waals surface area contributed by atoms with Gasteiger partial charge in [-0.3, -0.25) is 14.4 Å². The van der Waals surface area contributed by atoms with Crippen LogP contribution in [0.25, 0.3) is 0 Å². The normalized spacial score (nSPS) is 21.5. The molecule has 190 valence electrons. The Balaban J connectivity index is 2.84. The molecule has 0 aromatic rings. The van der Waals surface area contributed by atoms with Gasteiger partial charge in [-0.2, -0.15) is 0 Å². The van der Waals surface area contributed by atoms with Crippen molar-refractivity contribution in [1.29, 1.82) is 0 Å². The number of esters is 1. The summed E-state index contributed by atoms with van der Waals surface area (Å²) in [6.07, 6.45) is -2.00. The maximum Gasteiger partial charge on any atom is 0.325 e. The lowest BCUT2D eigenvalue weighted by Gasteiger charge is -2.29. The summed E-state index contributed by atoms with van der Waals surface area (Å²) in [5, 5.41) is 33.5. The van der Waals surface area contributed by atoms with Crippen molar-refractivity contribution in [3.63, 3.8) is 0 Å². The van der Waals surface area contributed by atoms with Gasteiger partial charge in [-0.05, 0) is 38.5 Å². The van der Waals surface area contributed by atoms with Gasteiger partial charge in [0.05, 0.1) is 6.10 Å². The molecule has 10 heteroatoms. The van der Waals surface area contributed by atoms with E-state index in [1.165, 1.54) is 18.1 Å². The van der Waals surface area contributed by atoms with Crippen LogP contribution in [-0.4, -0.2) is 94.8 Å². The Bertz CT molecular complexity index is 688. The molecule has 4 N–H and O–H groups in total. The Morgan fingerprint density at radius 1 is 1.18 bits per heavy atom. The summed E-state index contributed by atoms with van der Waals surface area (Å²) >= 11 is 0. The van der Waals surface area contributed by atoms with Crippen molar-refractivity contribution in [3.05, 3.63) is 12.2 Å². The quantitative estimate of drug-likeness (QED) is 0.259. The molecule has 0 aliphatic carbocycles. The highest BCUT2D eigenvalue weighted by Crippen LogP contribution is 2.18. The molecule has 0 radical (unpaired) electrons. The first kappa shape index (κ1) is 29.0. The van der Waals surface area contributed by atoms with Crippen molar-refractivity contribution in [2.75, 3.05) is 20.2 Å². The minimum absolute atomic E-state index is 0.218. The Morgan fingerprint density at radius 2 is 1.82 bits per heavy atom. The highest BCUT2D eigenvalue weighted by atomic mass is 16.5. The average molecular weight is 473 g/mol. The third-order valence-electron chi connectivity index (χ3n) is 5.10. The minimum atomic E-state index is -1.74. The largest absolute Gasteiger partial charge is 0.462 e. The predicted molar refractivity (Wildman–Crippen MR) is 121 cm³/mol. The molecule has 5 atom stereocenters. The topological polar surface area (TPSA) is 146 Å². The molecule has 1 fully saturated rings. The first-order valence-electron chi connectivity index (χ1n) is 11.3.